The van der Waals surface area contributed by atoms with Crippen LogP contribution in [0.4, 0.5) is 0 Å². The van der Waals surface area contributed by atoms with Crippen molar-refractivity contribution >= 4 is 21.9 Å². The van der Waals surface area contributed by atoms with Crippen LogP contribution in [0.2, 0.25) is 0 Å². The van der Waals surface area contributed by atoms with Crippen LogP contribution in [0.15, 0.2) is 56.1 Å². The number of furan rings is 1. The van der Waals surface area contributed by atoms with E-state index in [9.17, 15) is 4.79 Å². The highest BCUT2D eigenvalue weighted by atomic mass is 16.7. The van der Waals surface area contributed by atoms with E-state index in [-0.39, 0.29) is 6.79 Å². The molecule has 0 bridgehead atoms. The first kappa shape index (κ1) is 14.0. The van der Waals surface area contributed by atoms with E-state index in [0.29, 0.717) is 45.1 Å². The summed E-state index contributed by atoms with van der Waals surface area (Å²) in [5.41, 5.74) is 1.21. The molecule has 1 aliphatic rings. The molecule has 25 heavy (non-hydrogen) atoms. The average molecular weight is 336 g/mol. The van der Waals surface area contributed by atoms with Crippen molar-refractivity contribution < 1.29 is 23.0 Å². The second-order valence-electron chi connectivity index (χ2n) is 5.67. The molecule has 1 aliphatic heterocycles. The minimum Gasteiger partial charge on any atom is -0.493 e. The Kier molecular flexibility index (Phi) is 2.82. The van der Waals surface area contributed by atoms with Crippen LogP contribution < -0.4 is 19.8 Å². The number of fused-ring (bicyclic) bond motifs is 3. The lowest BCUT2D eigenvalue weighted by Gasteiger charge is -2.04. The summed E-state index contributed by atoms with van der Waals surface area (Å²) < 4.78 is 27.4. The Bertz CT molecular complexity index is 1180. The summed E-state index contributed by atoms with van der Waals surface area (Å²) in [6.07, 6.45) is 0. The van der Waals surface area contributed by atoms with E-state index in [0.717, 1.165) is 5.39 Å². The maximum Gasteiger partial charge on any atom is 0.336 e. The van der Waals surface area contributed by atoms with Crippen LogP contribution in [0.1, 0.15) is 0 Å². The van der Waals surface area contributed by atoms with E-state index >= 15 is 0 Å². The molecule has 0 unspecified atom stereocenters. The molecule has 2 aromatic carbocycles. The van der Waals surface area contributed by atoms with Gasteiger partial charge in [-0.1, -0.05) is 12.1 Å². The van der Waals surface area contributed by atoms with Gasteiger partial charge in [0, 0.05) is 28.5 Å². The zero-order chi connectivity index (χ0) is 17.0. The standard InChI is InChI=1S/C19H12O6/c1-21-13-4-2-3-10-5-14(25-19(10)13)12-7-18(20)24-15-8-17-16(6-11(12)15)22-9-23-17/h2-8H,9H2,1H3. The third-order valence-electron chi connectivity index (χ3n) is 4.23. The highest BCUT2D eigenvalue weighted by molar-refractivity contribution is 5.97. The predicted molar refractivity (Wildman–Crippen MR) is 90.4 cm³/mol. The van der Waals surface area contributed by atoms with E-state index in [1.54, 1.807) is 19.2 Å². The Hall–Kier alpha value is -3.41. The van der Waals surface area contributed by atoms with Crippen LogP contribution >= 0.6 is 0 Å². The fourth-order valence-electron chi connectivity index (χ4n) is 3.09. The normalized spacial score (nSPS) is 12.8. The SMILES string of the molecule is COc1cccc2cc(-c3cc(=O)oc4cc5c(cc34)OCO5)oc12. The Morgan fingerprint density at radius 2 is 1.84 bits per heavy atom. The van der Waals surface area contributed by atoms with Crippen molar-refractivity contribution in [3.8, 4) is 28.6 Å². The van der Waals surface area contributed by atoms with Crippen LogP contribution in [-0.2, 0) is 0 Å². The van der Waals surface area contributed by atoms with Gasteiger partial charge in [-0.3, -0.25) is 0 Å². The van der Waals surface area contributed by atoms with E-state index in [2.05, 4.69) is 0 Å². The summed E-state index contributed by atoms with van der Waals surface area (Å²) in [5.74, 6) is 2.35. The van der Waals surface area contributed by atoms with Crippen LogP contribution in [0.5, 0.6) is 17.2 Å². The van der Waals surface area contributed by atoms with Crippen molar-refractivity contribution in [1.29, 1.82) is 0 Å². The molecule has 5 rings (SSSR count). The minimum atomic E-state index is -0.464. The first-order valence-electron chi connectivity index (χ1n) is 7.67. The minimum absolute atomic E-state index is 0.146. The van der Waals surface area contributed by atoms with Crippen molar-refractivity contribution in [3.63, 3.8) is 0 Å². The molecule has 0 fully saturated rings. The Balaban J connectivity index is 1.82. The van der Waals surface area contributed by atoms with Gasteiger partial charge < -0.3 is 23.0 Å². The van der Waals surface area contributed by atoms with E-state index in [4.69, 9.17) is 23.0 Å². The lowest BCUT2D eigenvalue weighted by molar-refractivity contribution is 0.174. The molecule has 0 radical (unpaired) electrons. The lowest BCUT2D eigenvalue weighted by atomic mass is 10.1. The topological polar surface area (TPSA) is 71.0 Å². The fraction of sp³-hybridized carbons (Fsp3) is 0.105. The Morgan fingerprint density at radius 3 is 2.68 bits per heavy atom. The monoisotopic (exact) mass is 336 g/mol. The fourth-order valence-corrected chi connectivity index (χ4v) is 3.09. The number of rotatable bonds is 2. The zero-order valence-corrected chi connectivity index (χ0v) is 13.2. The molecule has 6 nitrogen and oxygen atoms in total. The maximum atomic E-state index is 12.0. The van der Waals surface area contributed by atoms with Gasteiger partial charge in [-0.05, 0) is 18.2 Å². The second-order valence-corrected chi connectivity index (χ2v) is 5.67. The molecule has 124 valence electrons. The highest BCUT2D eigenvalue weighted by Crippen LogP contribution is 2.40. The molecule has 6 heteroatoms. The van der Waals surface area contributed by atoms with E-state index in [1.807, 2.05) is 24.3 Å². The number of hydrogen-bond acceptors (Lipinski definition) is 6. The maximum absolute atomic E-state index is 12.0. The van der Waals surface area contributed by atoms with Crippen molar-refractivity contribution in [2.45, 2.75) is 0 Å². The molecule has 0 amide bonds. The summed E-state index contributed by atoms with van der Waals surface area (Å²) in [7, 11) is 1.59. The molecule has 0 spiro atoms. The molecule has 2 aromatic heterocycles. The molecule has 0 atom stereocenters. The van der Waals surface area contributed by atoms with E-state index < -0.39 is 5.63 Å². The molecular weight excluding hydrogens is 324 g/mol. The Morgan fingerprint density at radius 1 is 1.00 bits per heavy atom. The number of ether oxygens (including phenoxy) is 3. The third kappa shape index (κ3) is 2.07. The van der Waals surface area contributed by atoms with Gasteiger partial charge in [0.05, 0.1) is 7.11 Å². The van der Waals surface area contributed by atoms with E-state index in [1.165, 1.54) is 6.07 Å². The van der Waals surface area contributed by atoms with Crippen molar-refractivity contribution in [1.82, 2.24) is 0 Å². The van der Waals surface area contributed by atoms with Gasteiger partial charge in [0.1, 0.15) is 11.3 Å². The summed E-state index contributed by atoms with van der Waals surface area (Å²) in [4.78, 5) is 12.0. The zero-order valence-electron chi connectivity index (χ0n) is 13.2. The van der Waals surface area contributed by atoms with Gasteiger partial charge >= 0.3 is 5.63 Å². The average Bonchev–Trinajstić information content (AvgIpc) is 3.24. The molecule has 3 heterocycles. The molecule has 0 saturated heterocycles. The van der Waals surface area contributed by atoms with Crippen molar-refractivity contribution in [3.05, 3.63) is 52.9 Å². The van der Waals surface area contributed by atoms with Crippen molar-refractivity contribution in [2.24, 2.45) is 0 Å². The smallest absolute Gasteiger partial charge is 0.336 e. The number of methoxy groups -OCH3 is 1. The number of benzene rings is 2. The van der Waals surface area contributed by atoms with Crippen LogP contribution in [0.3, 0.4) is 0 Å². The van der Waals surface area contributed by atoms with Gasteiger partial charge in [0.15, 0.2) is 22.8 Å². The molecular formula is C19H12O6. The lowest BCUT2D eigenvalue weighted by Crippen LogP contribution is -1.97. The van der Waals surface area contributed by atoms with Crippen LogP contribution in [0, 0.1) is 0 Å². The first-order chi connectivity index (χ1) is 12.2. The summed E-state index contributed by atoms with van der Waals surface area (Å²) in [6.45, 7) is 0.146. The first-order valence-corrected chi connectivity index (χ1v) is 7.67. The van der Waals surface area contributed by atoms with Gasteiger partial charge in [-0.2, -0.15) is 0 Å². The highest BCUT2D eigenvalue weighted by Gasteiger charge is 2.20. The third-order valence-corrected chi connectivity index (χ3v) is 4.23. The second kappa shape index (κ2) is 5.04. The number of para-hydroxylation sites is 1. The summed E-state index contributed by atoms with van der Waals surface area (Å²) in [6, 6.07) is 12.4. The van der Waals surface area contributed by atoms with Crippen LogP contribution in [-0.4, -0.2) is 13.9 Å². The number of hydrogen-bond donors (Lipinski definition) is 0. The van der Waals surface area contributed by atoms with Gasteiger partial charge in [-0.15, -0.1) is 0 Å². The molecule has 4 aromatic rings. The largest absolute Gasteiger partial charge is 0.493 e. The van der Waals surface area contributed by atoms with Gasteiger partial charge in [-0.25, -0.2) is 4.79 Å². The summed E-state index contributed by atoms with van der Waals surface area (Å²) in [5, 5.41) is 1.60. The van der Waals surface area contributed by atoms with Gasteiger partial charge in [0.2, 0.25) is 6.79 Å². The predicted octanol–water partition coefficient (Wildman–Crippen LogP) is 3.94. The molecule has 0 saturated carbocycles. The molecule has 0 N–H and O–H groups in total. The van der Waals surface area contributed by atoms with Gasteiger partial charge in [0.25, 0.3) is 0 Å². The quantitative estimate of drug-likeness (QED) is 0.516. The van der Waals surface area contributed by atoms with Crippen molar-refractivity contribution in [2.75, 3.05) is 13.9 Å². The summed E-state index contributed by atoms with van der Waals surface area (Å²) >= 11 is 0. The Labute approximate surface area is 141 Å². The van der Waals surface area contributed by atoms with Crippen LogP contribution in [0.25, 0.3) is 33.3 Å². The molecule has 0 aliphatic carbocycles.